The van der Waals surface area contributed by atoms with Crippen LogP contribution < -0.4 is 14.8 Å². The Kier molecular flexibility index (Phi) is 5.16. The van der Waals surface area contributed by atoms with Crippen molar-refractivity contribution < 1.29 is 24.2 Å². The normalized spacial score (nSPS) is 27.1. The molecule has 0 heterocycles. The lowest BCUT2D eigenvalue weighted by atomic mass is 9.78. The topological polar surface area (TPSA) is 84.9 Å². The van der Waals surface area contributed by atoms with Gasteiger partial charge in [0.2, 0.25) is 5.91 Å². The van der Waals surface area contributed by atoms with Crippen LogP contribution in [0.2, 0.25) is 0 Å². The molecule has 25 heavy (non-hydrogen) atoms. The number of methoxy groups -OCH3 is 2. The highest BCUT2D eigenvalue weighted by Crippen LogP contribution is 2.52. The van der Waals surface area contributed by atoms with Gasteiger partial charge in [-0.1, -0.05) is 6.07 Å². The third-order valence-corrected chi connectivity index (χ3v) is 5.67. The second kappa shape index (κ2) is 7.33. The molecular formula is C19H25NO5. The summed E-state index contributed by atoms with van der Waals surface area (Å²) in [6.07, 6.45) is 3.45. The highest BCUT2D eigenvalue weighted by atomic mass is 16.5. The Bertz CT molecular complexity index is 659. The number of carbonyl (C=O) groups excluding carboxylic acids is 1. The zero-order valence-corrected chi connectivity index (χ0v) is 14.7. The predicted molar refractivity (Wildman–Crippen MR) is 91.7 cm³/mol. The van der Waals surface area contributed by atoms with E-state index in [2.05, 4.69) is 5.32 Å². The van der Waals surface area contributed by atoms with E-state index in [0.29, 0.717) is 24.5 Å². The Balaban J connectivity index is 1.57. The molecule has 2 saturated carbocycles. The molecule has 4 atom stereocenters. The quantitative estimate of drug-likeness (QED) is 0.789. The summed E-state index contributed by atoms with van der Waals surface area (Å²) in [5.41, 5.74) is 1.03. The molecule has 2 bridgehead atoms. The third kappa shape index (κ3) is 3.43. The molecule has 2 aliphatic carbocycles. The van der Waals surface area contributed by atoms with Gasteiger partial charge in [-0.15, -0.1) is 0 Å². The summed E-state index contributed by atoms with van der Waals surface area (Å²) in [6, 6.07) is 5.67. The Morgan fingerprint density at radius 1 is 1.12 bits per heavy atom. The first-order valence-electron chi connectivity index (χ1n) is 8.76. The molecule has 3 rings (SSSR count). The van der Waals surface area contributed by atoms with Crippen LogP contribution in [0, 0.1) is 23.7 Å². The molecule has 0 radical (unpaired) electrons. The Morgan fingerprint density at radius 3 is 2.44 bits per heavy atom. The smallest absolute Gasteiger partial charge is 0.307 e. The van der Waals surface area contributed by atoms with Gasteiger partial charge in [-0.2, -0.15) is 0 Å². The average molecular weight is 347 g/mol. The van der Waals surface area contributed by atoms with Gasteiger partial charge in [0.05, 0.1) is 26.1 Å². The number of amides is 1. The van der Waals surface area contributed by atoms with Crippen molar-refractivity contribution in [2.45, 2.75) is 25.7 Å². The molecule has 2 N–H and O–H groups in total. The largest absolute Gasteiger partial charge is 0.493 e. The number of fused-ring (bicyclic) bond motifs is 2. The number of benzene rings is 1. The SMILES string of the molecule is COc1ccc(CCNC(=O)[C@@H]2[C@H]3CC[C@@H](C3)[C@@H]2C(=O)O)cc1OC. The average Bonchev–Trinajstić information content (AvgIpc) is 3.22. The molecule has 1 aromatic rings. The van der Waals surface area contributed by atoms with Gasteiger partial charge >= 0.3 is 5.97 Å². The summed E-state index contributed by atoms with van der Waals surface area (Å²) in [5, 5.41) is 12.4. The van der Waals surface area contributed by atoms with Crippen LogP contribution in [-0.2, 0) is 16.0 Å². The van der Waals surface area contributed by atoms with Crippen LogP contribution in [0.15, 0.2) is 18.2 Å². The van der Waals surface area contributed by atoms with E-state index in [1.807, 2.05) is 18.2 Å². The molecule has 0 saturated heterocycles. The fourth-order valence-electron chi connectivity index (χ4n) is 4.51. The van der Waals surface area contributed by atoms with E-state index in [-0.39, 0.29) is 23.7 Å². The number of hydrogen-bond donors (Lipinski definition) is 2. The maximum atomic E-state index is 12.5. The number of aliphatic carboxylic acids is 1. The first-order chi connectivity index (χ1) is 12.0. The Labute approximate surface area is 147 Å². The summed E-state index contributed by atoms with van der Waals surface area (Å²) in [7, 11) is 3.18. The Morgan fingerprint density at radius 2 is 1.80 bits per heavy atom. The van der Waals surface area contributed by atoms with Crippen molar-refractivity contribution in [2.75, 3.05) is 20.8 Å². The highest BCUT2D eigenvalue weighted by Gasteiger charge is 2.53. The number of nitrogens with one attached hydrogen (secondary N) is 1. The van der Waals surface area contributed by atoms with E-state index >= 15 is 0 Å². The van der Waals surface area contributed by atoms with Crippen molar-refractivity contribution in [3.63, 3.8) is 0 Å². The summed E-state index contributed by atoms with van der Waals surface area (Å²) < 4.78 is 10.5. The summed E-state index contributed by atoms with van der Waals surface area (Å²) in [4.78, 5) is 24.1. The van der Waals surface area contributed by atoms with Crippen molar-refractivity contribution in [3.05, 3.63) is 23.8 Å². The van der Waals surface area contributed by atoms with Gasteiger partial charge in [0, 0.05) is 6.54 Å². The summed E-state index contributed by atoms with van der Waals surface area (Å²) >= 11 is 0. The fraction of sp³-hybridized carbons (Fsp3) is 0.579. The van der Waals surface area contributed by atoms with E-state index in [1.54, 1.807) is 14.2 Å². The Hall–Kier alpha value is -2.24. The van der Waals surface area contributed by atoms with Gasteiger partial charge < -0.3 is 19.9 Å². The van der Waals surface area contributed by atoms with Gasteiger partial charge in [-0.05, 0) is 55.2 Å². The minimum atomic E-state index is -0.827. The van der Waals surface area contributed by atoms with E-state index in [1.165, 1.54) is 0 Å². The third-order valence-electron chi connectivity index (χ3n) is 5.67. The lowest BCUT2D eigenvalue weighted by Crippen LogP contribution is -2.41. The lowest BCUT2D eigenvalue weighted by Gasteiger charge is -2.27. The lowest BCUT2D eigenvalue weighted by molar-refractivity contribution is -0.149. The van der Waals surface area contributed by atoms with Crippen LogP contribution in [0.5, 0.6) is 11.5 Å². The molecule has 6 heteroatoms. The molecule has 1 amide bonds. The summed E-state index contributed by atoms with van der Waals surface area (Å²) in [6.45, 7) is 0.481. The zero-order valence-electron chi connectivity index (χ0n) is 14.7. The first kappa shape index (κ1) is 17.6. The van der Waals surface area contributed by atoms with Gasteiger partial charge in [-0.3, -0.25) is 9.59 Å². The molecule has 136 valence electrons. The van der Waals surface area contributed by atoms with Crippen molar-refractivity contribution in [1.29, 1.82) is 0 Å². The molecule has 6 nitrogen and oxygen atoms in total. The molecule has 0 unspecified atom stereocenters. The molecule has 1 aromatic carbocycles. The first-order valence-corrected chi connectivity index (χ1v) is 8.76. The van der Waals surface area contributed by atoms with Gasteiger partial charge in [0.1, 0.15) is 0 Å². The predicted octanol–water partition coefficient (Wildman–Crippen LogP) is 2.11. The number of carboxylic acid groups (broad SMARTS) is 1. The van der Waals surface area contributed by atoms with Crippen molar-refractivity contribution in [3.8, 4) is 11.5 Å². The van der Waals surface area contributed by atoms with Crippen LogP contribution in [0.1, 0.15) is 24.8 Å². The minimum absolute atomic E-state index is 0.111. The van der Waals surface area contributed by atoms with E-state index in [0.717, 1.165) is 24.8 Å². The van der Waals surface area contributed by atoms with Crippen LogP contribution in [0.3, 0.4) is 0 Å². The van der Waals surface area contributed by atoms with E-state index in [9.17, 15) is 14.7 Å². The fourth-order valence-corrected chi connectivity index (χ4v) is 4.51. The molecule has 0 spiro atoms. The zero-order chi connectivity index (χ0) is 18.0. The standard InChI is InChI=1S/C19H25NO5/c1-24-14-6-3-11(9-15(14)25-2)7-8-20-18(21)16-12-4-5-13(10-12)17(16)19(22)23/h3,6,9,12-13,16-17H,4-5,7-8,10H2,1-2H3,(H,20,21)(H,22,23)/t12-,13-,16+,17-/m0/s1. The van der Waals surface area contributed by atoms with Crippen LogP contribution >= 0.6 is 0 Å². The second-order valence-corrected chi connectivity index (χ2v) is 6.95. The number of carbonyl (C=O) groups is 2. The van der Waals surface area contributed by atoms with Crippen LogP contribution in [-0.4, -0.2) is 37.7 Å². The molecule has 2 fully saturated rings. The number of rotatable bonds is 7. The highest BCUT2D eigenvalue weighted by molar-refractivity contribution is 5.86. The number of carboxylic acids is 1. The van der Waals surface area contributed by atoms with E-state index < -0.39 is 11.9 Å². The molecule has 0 aromatic heterocycles. The molecular weight excluding hydrogens is 322 g/mol. The monoisotopic (exact) mass is 347 g/mol. The maximum absolute atomic E-state index is 12.5. The second-order valence-electron chi connectivity index (χ2n) is 6.95. The van der Waals surface area contributed by atoms with Crippen molar-refractivity contribution >= 4 is 11.9 Å². The van der Waals surface area contributed by atoms with Gasteiger partial charge in [-0.25, -0.2) is 0 Å². The van der Waals surface area contributed by atoms with Gasteiger partial charge in [0.15, 0.2) is 11.5 Å². The van der Waals surface area contributed by atoms with Crippen molar-refractivity contribution in [1.82, 2.24) is 5.32 Å². The van der Waals surface area contributed by atoms with Crippen LogP contribution in [0.25, 0.3) is 0 Å². The molecule has 0 aliphatic heterocycles. The number of ether oxygens (including phenoxy) is 2. The number of hydrogen-bond acceptors (Lipinski definition) is 4. The van der Waals surface area contributed by atoms with Crippen molar-refractivity contribution in [2.24, 2.45) is 23.7 Å². The van der Waals surface area contributed by atoms with Crippen LogP contribution in [0.4, 0.5) is 0 Å². The maximum Gasteiger partial charge on any atom is 0.307 e. The summed E-state index contributed by atoms with van der Waals surface area (Å²) in [5.74, 6) is -0.1000. The minimum Gasteiger partial charge on any atom is -0.493 e. The van der Waals surface area contributed by atoms with E-state index in [4.69, 9.17) is 9.47 Å². The molecule has 2 aliphatic rings. The van der Waals surface area contributed by atoms with Gasteiger partial charge in [0.25, 0.3) is 0 Å².